The topological polar surface area (TPSA) is 47.8 Å². The highest BCUT2D eigenvalue weighted by molar-refractivity contribution is 7.84. The van der Waals surface area contributed by atoms with Crippen LogP contribution in [0, 0.1) is 6.92 Å². The Hall–Kier alpha value is -1.49. The first-order valence-electron chi connectivity index (χ1n) is 6.40. The molecule has 0 N–H and O–H groups in total. The zero-order chi connectivity index (χ0) is 13.8. The van der Waals surface area contributed by atoms with Crippen LogP contribution in [0.2, 0.25) is 0 Å². The van der Waals surface area contributed by atoms with Gasteiger partial charge in [-0.1, -0.05) is 37.3 Å². The van der Waals surface area contributed by atoms with Crippen LogP contribution >= 0.6 is 0 Å². The van der Waals surface area contributed by atoms with E-state index in [2.05, 4.69) is 17.1 Å². The van der Waals surface area contributed by atoms with Crippen molar-refractivity contribution in [3.8, 4) is 0 Å². The van der Waals surface area contributed by atoms with E-state index < -0.39 is 10.8 Å². The Labute approximate surface area is 116 Å². The lowest BCUT2D eigenvalue weighted by Crippen LogP contribution is -2.11. The number of benzene rings is 1. The minimum Gasteiger partial charge on any atom is -0.318 e. The van der Waals surface area contributed by atoms with Gasteiger partial charge in [-0.3, -0.25) is 4.21 Å². The van der Waals surface area contributed by atoms with Crippen molar-refractivity contribution in [1.82, 2.24) is 14.8 Å². The summed E-state index contributed by atoms with van der Waals surface area (Å²) in [4.78, 5) is 0. The fourth-order valence-electron chi connectivity index (χ4n) is 2.05. The van der Waals surface area contributed by atoms with Gasteiger partial charge < -0.3 is 4.57 Å². The van der Waals surface area contributed by atoms with Gasteiger partial charge in [0, 0.05) is 17.8 Å². The Morgan fingerprint density at radius 3 is 2.47 bits per heavy atom. The van der Waals surface area contributed by atoms with Crippen molar-refractivity contribution in [2.45, 2.75) is 31.3 Å². The molecule has 5 heteroatoms. The summed E-state index contributed by atoms with van der Waals surface area (Å²) in [6.07, 6.45) is 0.855. The second-order valence-corrected chi connectivity index (χ2v) is 6.17. The summed E-state index contributed by atoms with van der Waals surface area (Å²) in [7, 11) is 0.928. The maximum atomic E-state index is 12.5. The third kappa shape index (κ3) is 3.10. The van der Waals surface area contributed by atoms with Crippen molar-refractivity contribution >= 4 is 10.8 Å². The Bertz CT molecular complexity index is 565. The molecule has 2 atom stereocenters. The van der Waals surface area contributed by atoms with E-state index in [1.165, 1.54) is 0 Å². The van der Waals surface area contributed by atoms with Gasteiger partial charge in [0.05, 0.1) is 11.0 Å². The Morgan fingerprint density at radius 2 is 1.95 bits per heavy atom. The molecule has 0 aliphatic rings. The second kappa shape index (κ2) is 6.10. The summed E-state index contributed by atoms with van der Waals surface area (Å²) in [6.45, 7) is 3.96. The van der Waals surface area contributed by atoms with Crippen LogP contribution in [0.25, 0.3) is 0 Å². The van der Waals surface area contributed by atoms with E-state index in [1.54, 1.807) is 0 Å². The Balaban J connectivity index is 2.16. The molecule has 0 saturated carbocycles. The van der Waals surface area contributed by atoms with Gasteiger partial charge in [-0.25, -0.2) is 0 Å². The van der Waals surface area contributed by atoms with E-state index in [9.17, 15) is 4.21 Å². The summed E-state index contributed by atoms with van der Waals surface area (Å²) in [5.74, 6) is 2.08. The van der Waals surface area contributed by atoms with Crippen molar-refractivity contribution < 1.29 is 4.21 Å². The summed E-state index contributed by atoms with van der Waals surface area (Å²) in [5, 5.41) is 8.15. The van der Waals surface area contributed by atoms with Crippen LogP contribution in [0.15, 0.2) is 30.3 Å². The smallest absolute Gasteiger partial charge is 0.145 e. The van der Waals surface area contributed by atoms with Crippen molar-refractivity contribution in [1.29, 1.82) is 0 Å². The van der Waals surface area contributed by atoms with Crippen molar-refractivity contribution in [2.75, 3.05) is 0 Å². The highest BCUT2D eigenvalue weighted by Gasteiger charge is 2.19. The number of aromatic nitrogens is 3. The van der Waals surface area contributed by atoms with Crippen LogP contribution in [0.1, 0.15) is 35.8 Å². The van der Waals surface area contributed by atoms with E-state index >= 15 is 0 Å². The monoisotopic (exact) mass is 277 g/mol. The molecule has 102 valence electrons. The van der Waals surface area contributed by atoms with E-state index in [0.717, 1.165) is 23.6 Å². The molecule has 0 saturated heterocycles. The fraction of sp³-hybridized carbons (Fsp3) is 0.429. The number of rotatable bonds is 5. The molecular weight excluding hydrogens is 258 g/mol. The highest BCUT2D eigenvalue weighted by atomic mass is 32.2. The van der Waals surface area contributed by atoms with E-state index in [-0.39, 0.29) is 5.25 Å². The number of hydrogen-bond donors (Lipinski definition) is 0. The third-order valence-electron chi connectivity index (χ3n) is 3.31. The first-order chi connectivity index (χ1) is 9.13. The van der Waals surface area contributed by atoms with Gasteiger partial charge in [-0.05, 0) is 18.9 Å². The summed E-state index contributed by atoms with van der Waals surface area (Å²) >= 11 is 0. The lowest BCUT2D eigenvalue weighted by Gasteiger charge is -2.14. The van der Waals surface area contributed by atoms with Crippen LogP contribution in [0.4, 0.5) is 0 Å². The van der Waals surface area contributed by atoms with Crippen LogP contribution in [-0.4, -0.2) is 19.0 Å². The zero-order valence-electron chi connectivity index (χ0n) is 11.5. The molecule has 0 fully saturated rings. The fourth-order valence-corrected chi connectivity index (χ4v) is 3.59. The summed E-state index contributed by atoms with van der Waals surface area (Å²) in [5.41, 5.74) is 1.13. The molecule has 0 radical (unpaired) electrons. The molecule has 4 nitrogen and oxygen atoms in total. The molecule has 2 rings (SSSR count). The quantitative estimate of drug-likeness (QED) is 0.843. The molecule has 1 aromatic carbocycles. The SMILES string of the molecule is CCC(c1ccccc1)S(=O)Cc1nnc(C)n1C. The van der Waals surface area contributed by atoms with Gasteiger partial charge in [0.2, 0.25) is 0 Å². The van der Waals surface area contributed by atoms with E-state index in [4.69, 9.17) is 0 Å². The average Bonchev–Trinajstić information content (AvgIpc) is 2.73. The predicted octanol–water partition coefficient (Wildman–Crippen LogP) is 2.52. The average molecular weight is 277 g/mol. The molecule has 0 aliphatic carbocycles. The first-order valence-corrected chi connectivity index (χ1v) is 7.78. The van der Waals surface area contributed by atoms with Crippen LogP contribution < -0.4 is 0 Å². The number of hydrogen-bond acceptors (Lipinski definition) is 3. The molecule has 0 spiro atoms. The van der Waals surface area contributed by atoms with Crippen LogP contribution in [-0.2, 0) is 23.6 Å². The molecule has 2 aromatic rings. The van der Waals surface area contributed by atoms with Gasteiger partial charge >= 0.3 is 0 Å². The Morgan fingerprint density at radius 1 is 1.26 bits per heavy atom. The summed E-state index contributed by atoms with van der Waals surface area (Å²) < 4.78 is 14.4. The lowest BCUT2D eigenvalue weighted by atomic mass is 10.1. The summed E-state index contributed by atoms with van der Waals surface area (Å²) in [6, 6.07) is 10.0. The van der Waals surface area contributed by atoms with E-state index in [1.807, 2.05) is 48.9 Å². The lowest BCUT2D eigenvalue weighted by molar-refractivity contribution is 0.664. The standard InChI is InChI=1S/C14H19N3OS/c1-4-13(12-8-6-5-7-9-12)19(18)10-14-16-15-11(2)17(14)3/h5-9,13H,4,10H2,1-3H3. The number of aryl methyl sites for hydroxylation is 1. The minimum atomic E-state index is -0.980. The maximum Gasteiger partial charge on any atom is 0.145 e. The van der Waals surface area contributed by atoms with Gasteiger partial charge in [-0.2, -0.15) is 0 Å². The maximum absolute atomic E-state index is 12.5. The molecular formula is C14H19N3OS. The van der Waals surface area contributed by atoms with Crippen LogP contribution in [0.5, 0.6) is 0 Å². The molecule has 0 bridgehead atoms. The van der Waals surface area contributed by atoms with Crippen molar-refractivity contribution in [2.24, 2.45) is 7.05 Å². The van der Waals surface area contributed by atoms with Gasteiger partial charge in [0.25, 0.3) is 0 Å². The molecule has 0 aliphatic heterocycles. The predicted molar refractivity (Wildman–Crippen MR) is 77.1 cm³/mol. The minimum absolute atomic E-state index is 0.0539. The zero-order valence-corrected chi connectivity index (χ0v) is 12.4. The van der Waals surface area contributed by atoms with Gasteiger partial charge in [0.1, 0.15) is 11.6 Å². The molecule has 1 aromatic heterocycles. The largest absolute Gasteiger partial charge is 0.318 e. The van der Waals surface area contributed by atoms with Crippen molar-refractivity contribution in [3.63, 3.8) is 0 Å². The molecule has 2 unspecified atom stereocenters. The normalized spacial score (nSPS) is 14.3. The number of nitrogens with zero attached hydrogens (tertiary/aromatic N) is 3. The van der Waals surface area contributed by atoms with E-state index in [0.29, 0.717) is 5.75 Å². The Kier molecular flexibility index (Phi) is 4.47. The molecule has 1 heterocycles. The second-order valence-electron chi connectivity index (χ2n) is 4.56. The molecule has 19 heavy (non-hydrogen) atoms. The highest BCUT2D eigenvalue weighted by Crippen LogP contribution is 2.25. The van der Waals surface area contributed by atoms with Gasteiger partial charge in [0.15, 0.2) is 0 Å². The van der Waals surface area contributed by atoms with Crippen LogP contribution in [0.3, 0.4) is 0 Å². The first kappa shape index (κ1) is 13.9. The van der Waals surface area contributed by atoms with Crippen molar-refractivity contribution in [3.05, 3.63) is 47.5 Å². The molecule has 0 amide bonds. The third-order valence-corrected chi connectivity index (χ3v) is 5.10. The van der Waals surface area contributed by atoms with Gasteiger partial charge in [-0.15, -0.1) is 10.2 Å².